The molecule has 0 aromatic heterocycles. The van der Waals surface area contributed by atoms with Gasteiger partial charge in [-0.25, -0.2) is 0 Å². The lowest BCUT2D eigenvalue weighted by atomic mass is 9.97. The van der Waals surface area contributed by atoms with Gasteiger partial charge in [0.05, 0.1) is 6.04 Å². The largest absolute Gasteiger partial charge is 0.522 e. The number of allylic oxidation sites excluding steroid dienone is 2. The van der Waals surface area contributed by atoms with E-state index in [1.165, 1.54) is 12.0 Å². The standard InChI is InChI=1S/C16H21N.CHF3O3S/c1-3-15-11-8-12-17(16(15)4-2)13-14-9-6-5-7-10-14;2-1(3,4)8(5,6)7/h5-12,16H,3-4,13H2,1-2H3;(H,5,6,7). The number of hydrogen-bond acceptors (Lipinski definition) is 3. The normalized spacial score (nSPS) is 17.6. The quantitative estimate of drug-likeness (QED) is 0.619. The molecule has 4 nitrogen and oxygen atoms in total. The Kier molecular flexibility index (Phi) is 7.69. The van der Waals surface area contributed by atoms with Gasteiger partial charge >= 0.3 is 15.6 Å². The zero-order valence-electron chi connectivity index (χ0n) is 14.1. The maximum atomic E-state index is 10.7. The first-order valence-corrected chi connectivity index (χ1v) is 9.24. The molecule has 1 heterocycles. The Balaban J connectivity index is 0.000000333. The van der Waals surface area contributed by atoms with Gasteiger partial charge in [0, 0.05) is 6.54 Å². The molecule has 1 unspecified atom stereocenters. The molecule has 1 aliphatic rings. The first kappa shape index (κ1) is 21.2. The van der Waals surface area contributed by atoms with Crippen molar-refractivity contribution in [3.05, 3.63) is 59.8 Å². The molecule has 25 heavy (non-hydrogen) atoms. The highest BCUT2D eigenvalue weighted by Crippen LogP contribution is 2.23. The van der Waals surface area contributed by atoms with E-state index in [2.05, 4.69) is 67.4 Å². The Labute approximate surface area is 146 Å². The fourth-order valence-corrected chi connectivity index (χ4v) is 2.51. The summed E-state index contributed by atoms with van der Waals surface area (Å²) in [5.74, 6) is 0. The van der Waals surface area contributed by atoms with Crippen molar-refractivity contribution in [2.75, 3.05) is 0 Å². The average molecular weight is 377 g/mol. The van der Waals surface area contributed by atoms with E-state index in [0.717, 1.165) is 13.0 Å². The van der Waals surface area contributed by atoms with E-state index in [1.54, 1.807) is 5.57 Å². The van der Waals surface area contributed by atoms with E-state index in [4.69, 9.17) is 13.0 Å². The van der Waals surface area contributed by atoms with Gasteiger partial charge < -0.3 is 4.90 Å². The Morgan fingerprint density at radius 3 is 2.16 bits per heavy atom. The topological polar surface area (TPSA) is 57.6 Å². The number of benzene rings is 1. The first-order valence-electron chi connectivity index (χ1n) is 7.80. The number of rotatable bonds is 4. The molecule has 1 atom stereocenters. The summed E-state index contributed by atoms with van der Waals surface area (Å²) in [4.78, 5) is 2.45. The van der Waals surface area contributed by atoms with E-state index >= 15 is 0 Å². The molecule has 0 saturated heterocycles. The summed E-state index contributed by atoms with van der Waals surface area (Å²) in [7, 11) is -5.84. The summed E-state index contributed by atoms with van der Waals surface area (Å²) < 4.78 is 57.5. The van der Waals surface area contributed by atoms with E-state index < -0.39 is 15.6 Å². The van der Waals surface area contributed by atoms with Gasteiger partial charge in [-0.2, -0.15) is 21.6 Å². The molecule has 1 aliphatic heterocycles. The molecule has 2 rings (SSSR count). The number of halogens is 3. The molecule has 140 valence electrons. The highest BCUT2D eigenvalue weighted by molar-refractivity contribution is 7.86. The maximum Gasteiger partial charge on any atom is 0.522 e. The van der Waals surface area contributed by atoms with Gasteiger partial charge in [0.15, 0.2) is 0 Å². The molecule has 1 N–H and O–H groups in total. The van der Waals surface area contributed by atoms with Crippen molar-refractivity contribution in [1.82, 2.24) is 4.90 Å². The van der Waals surface area contributed by atoms with Gasteiger partial charge in [-0.1, -0.05) is 50.3 Å². The molecule has 8 heteroatoms. The highest BCUT2D eigenvalue weighted by Gasteiger charge is 2.44. The fraction of sp³-hybridized carbons (Fsp3) is 0.412. The van der Waals surface area contributed by atoms with Crippen molar-refractivity contribution in [3.63, 3.8) is 0 Å². The van der Waals surface area contributed by atoms with Crippen LogP contribution in [0.25, 0.3) is 0 Å². The minimum Gasteiger partial charge on any atom is -0.366 e. The number of alkyl halides is 3. The molecule has 1 aromatic rings. The van der Waals surface area contributed by atoms with Crippen molar-refractivity contribution >= 4 is 10.1 Å². The molecule has 0 bridgehead atoms. The lowest BCUT2D eigenvalue weighted by Crippen LogP contribution is -2.33. The Morgan fingerprint density at radius 1 is 1.16 bits per heavy atom. The van der Waals surface area contributed by atoms with Crippen molar-refractivity contribution in [1.29, 1.82) is 0 Å². The monoisotopic (exact) mass is 377 g/mol. The number of nitrogens with zero attached hydrogens (tertiary/aromatic N) is 1. The van der Waals surface area contributed by atoms with Crippen LogP contribution >= 0.6 is 0 Å². The predicted molar refractivity (Wildman–Crippen MR) is 91.2 cm³/mol. The van der Waals surface area contributed by atoms with E-state index in [9.17, 15) is 13.2 Å². The lowest BCUT2D eigenvalue weighted by Gasteiger charge is -2.34. The van der Waals surface area contributed by atoms with Crippen LogP contribution in [-0.2, 0) is 16.7 Å². The van der Waals surface area contributed by atoms with E-state index in [1.807, 2.05) is 0 Å². The zero-order valence-corrected chi connectivity index (χ0v) is 14.9. The van der Waals surface area contributed by atoms with Crippen LogP contribution in [0.4, 0.5) is 13.2 Å². The van der Waals surface area contributed by atoms with Crippen LogP contribution in [-0.4, -0.2) is 29.4 Å². The number of hydrogen-bond donors (Lipinski definition) is 1. The Hall–Kier alpha value is -1.80. The predicted octanol–water partition coefficient (Wildman–Crippen LogP) is 4.52. The van der Waals surface area contributed by atoms with Gasteiger partial charge in [-0.05, 0) is 36.3 Å². The first-order chi connectivity index (χ1) is 11.6. The van der Waals surface area contributed by atoms with Gasteiger partial charge in [0.25, 0.3) is 0 Å². The molecule has 0 radical (unpaired) electrons. The van der Waals surface area contributed by atoms with Crippen molar-refractivity contribution in [3.8, 4) is 0 Å². The lowest BCUT2D eigenvalue weighted by molar-refractivity contribution is -0.0510. The second kappa shape index (κ2) is 9.05. The fourth-order valence-electron chi connectivity index (χ4n) is 2.51. The van der Waals surface area contributed by atoms with Crippen LogP contribution in [0.3, 0.4) is 0 Å². The molecule has 0 spiro atoms. The maximum absolute atomic E-state index is 10.7. The van der Waals surface area contributed by atoms with Crippen LogP contribution in [0.2, 0.25) is 0 Å². The summed E-state index contributed by atoms with van der Waals surface area (Å²) >= 11 is 0. The summed E-state index contributed by atoms with van der Waals surface area (Å²) in [6, 6.07) is 11.3. The Bertz CT molecular complexity index is 698. The van der Waals surface area contributed by atoms with Gasteiger partial charge in [0.1, 0.15) is 0 Å². The third-order valence-corrected chi connectivity index (χ3v) is 4.30. The van der Waals surface area contributed by atoms with Gasteiger partial charge in [-0.15, -0.1) is 0 Å². The van der Waals surface area contributed by atoms with Crippen LogP contribution in [0, 0.1) is 0 Å². The summed E-state index contributed by atoms with van der Waals surface area (Å²) in [6.45, 7) is 5.52. The van der Waals surface area contributed by atoms with Crippen molar-refractivity contribution in [2.45, 2.75) is 44.8 Å². The third kappa shape index (κ3) is 6.55. The molecule has 0 amide bonds. The highest BCUT2D eigenvalue weighted by atomic mass is 32.2. The third-order valence-electron chi connectivity index (χ3n) is 3.71. The SMILES string of the molecule is CCC1=CC=CN(Cc2ccccc2)C1CC.O=S(=O)(O)C(F)(F)F. The molecule has 1 aromatic carbocycles. The molecule has 0 aliphatic carbocycles. The van der Waals surface area contributed by atoms with Gasteiger partial charge in [-0.3, -0.25) is 4.55 Å². The second-order valence-electron chi connectivity index (χ2n) is 5.44. The zero-order chi connectivity index (χ0) is 19.1. The van der Waals surface area contributed by atoms with Crippen LogP contribution in [0.1, 0.15) is 32.3 Å². The van der Waals surface area contributed by atoms with Crippen molar-refractivity contribution < 1.29 is 26.1 Å². The van der Waals surface area contributed by atoms with E-state index in [0.29, 0.717) is 6.04 Å². The smallest absolute Gasteiger partial charge is 0.366 e. The molecular formula is C17H22F3NO3S. The molecular weight excluding hydrogens is 355 g/mol. The summed E-state index contributed by atoms with van der Waals surface area (Å²) in [6.07, 6.45) is 8.99. The Morgan fingerprint density at radius 2 is 1.72 bits per heavy atom. The molecule has 0 fully saturated rings. The summed E-state index contributed by atoms with van der Waals surface area (Å²) in [5.41, 5.74) is -2.61. The minimum atomic E-state index is -5.84. The van der Waals surface area contributed by atoms with Gasteiger partial charge in [0.2, 0.25) is 0 Å². The van der Waals surface area contributed by atoms with Crippen molar-refractivity contribution in [2.24, 2.45) is 0 Å². The second-order valence-corrected chi connectivity index (χ2v) is 6.85. The van der Waals surface area contributed by atoms with Crippen LogP contribution in [0.15, 0.2) is 54.3 Å². The van der Waals surface area contributed by atoms with Crippen LogP contribution in [0.5, 0.6) is 0 Å². The minimum absolute atomic E-state index is 0.574. The van der Waals surface area contributed by atoms with E-state index in [-0.39, 0.29) is 0 Å². The summed E-state index contributed by atoms with van der Waals surface area (Å²) in [5, 5.41) is 0. The average Bonchev–Trinajstić information content (AvgIpc) is 2.54. The van der Waals surface area contributed by atoms with Crippen LogP contribution < -0.4 is 0 Å². The molecule has 0 saturated carbocycles.